The molecule has 0 aromatic carbocycles. The van der Waals surface area contributed by atoms with Crippen LogP contribution in [0.4, 0.5) is 16.4 Å². The summed E-state index contributed by atoms with van der Waals surface area (Å²) in [6, 6.07) is 9.59. The van der Waals surface area contributed by atoms with Crippen LogP contribution in [0.3, 0.4) is 0 Å². The summed E-state index contributed by atoms with van der Waals surface area (Å²) in [6.45, 7) is 2.77. The molecule has 0 bridgehead atoms. The van der Waals surface area contributed by atoms with Gasteiger partial charge in [-0.2, -0.15) is 10.2 Å². The second kappa shape index (κ2) is 13.6. The Balaban J connectivity index is 1.27. The van der Waals surface area contributed by atoms with E-state index in [4.69, 9.17) is 9.72 Å². The van der Waals surface area contributed by atoms with Crippen molar-refractivity contribution in [1.82, 2.24) is 24.8 Å². The van der Waals surface area contributed by atoms with Crippen LogP contribution >= 0.6 is 11.8 Å². The lowest BCUT2D eigenvalue weighted by atomic mass is 10.0. The summed E-state index contributed by atoms with van der Waals surface area (Å²) in [5.74, 6) is 2.29. The molecular formula is C30H34N8O3S. The number of hydrogen-bond acceptors (Lipinski definition) is 9. The van der Waals surface area contributed by atoms with Crippen LogP contribution in [0.25, 0.3) is 0 Å². The number of piperazine rings is 1. The molecule has 11 nitrogen and oxygen atoms in total. The Morgan fingerprint density at radius 3 is 2.86 bits per heavy atom. The third-order valence-electron chi connectivity index (χ3n) is 7.35. The Morgan fingerprint density at radius 2 is 2.10 bits per heavy atom. The van der Waals surface area contributed by atoms with Crippen molar-refractivity contribution in [3.63, 3.8) is 0 Å². The maximum absolute atomic E-state index is 13.5. The number of amides is 3. The summed E-state index contributed by atoms with van der Waals surface area (Å²) in [6.07, 6.45) is 8.20. The van der Waals surface area contributed by atoms with Crippen LogP contribution in [0.5, 0.6) is 5.88 Å². The number of nitrogens with zero attached hydrogens (tertiary/aromatic N) is 7. The van der Waals surface area contributed by atoms with E-state index in [0.29, 0.717) is 55.7 Å². The van der Waals surface area contributed by atoms with Crippen LogP contribution < -0.4 is 15.0 Å². The minimum Gasteiger partial charge on any atom is -0.481 e. The number of carbonyl (C=O) groups is 2. The molecule has 2 aliphatic rings. The summed E-state index contributed by atoms with van der Waals surface area (Å²) in [5, 5.41) is 12.5. The van der Waals surface area contributed by atoms with Gasteiger partial charge < -0.3 is 9.64 Å². The molecular weight excluding hydrogens is 552 g/mol. The molecule has 0 radical (unpaired) electrons. The molecule has 218 valence electrons. The predicted octanol–water partition coefficient (Wildman–Crippen LogP) is 3.74. The molecule has 5 heterocycles. The first-order valence-corrected chi connectivity index (χ1v) is 15.0. The first-order valence-electron chi connectivity index (χ1n) is 14.0. The summed E-state index contributed by atoms with van der Waals surface area (Å²) < 4.78 is 5.61. The number of anilines is 2. The third kappa shape index (κ3) is 6.98. The Hall–Kier alpha value is -4.21. The standard InChI is InChI=1S/C30H34N8O3S/c1-36-11-12-37(27(39)20-36)19-23-14-22-6-4-10-38(28(22)35-29(23)41-2)30(40)34-26-15-21(24(16-31)17-33-26)7-5-13-42-25-8-3-9-32-18-25/h3,8-9,14-15,17-18H,4-7,10-13,19-20H2,1-2H3,(H,33,34,40). The lowest BCUT2D eigenvalue weighted by Crippen LogP contribution is -2.48. The summed E-state index contributed by atoms with van der Waals surface area (Å²) in [7, 11) is 3.49. The monoisotopic (exact) mass is 586 g/mol. The van der Waals surface area contributed by atoms with Gasteiger partial charge in [-0.1, -0.05) is 0 Å². The molecule has 0 aliphatic carbocycles. The van der Waals surface area contributed by atoms with Crippen molar-refractivity contribution in [2.75, 3.05) is 56.3 Å². The van der Waals surface area contributed by atoms with Gasteiger partial charge in [-0.05, 0) is 73.9 Å². The molecule has 1 fully saturated rings. The summed E-state index contributed by atoms with van der Waals surface area (Å²) in [4.78, 5) is 45.7. The molecule has 3 aromatic heterocycles. The van der Waals surface area contributed by atoms with E-state index in [1.165, 1.54) is 6.20 Å². The fraction of sp³-hybridized carbons (Fsp3) is 0.400. The Bertz CT molecular complexity index is 1480. The second-order valence-electron chi connectivity index (χ2n) is 10.4. The zero-order valence-electron chi connectivity index (χ0n) is 23.9. The molecule has 0 saturated carbocycles. The lowest BCUT2D eigenvalue weighted by molar-refractivity contribution is -0.136. The van der Waals surface area contributed by atoms with Crippen molar-refractivity contribution in [3.8, 4) is 11.9 Å². The Morgan fingerprint density at radius 1 is 1.21 bits per heavy atom. The summed E-state index contributed by atoms with van der Waals surface area (Å²) in [5.41, 5.74) is 3.11. The van der Waals surface area contributed by atoms with Crippen molar-refractivity contribution < 1.29 is 14.3 Å². The first kappa shape index (κ1) is 29.3. The van der Waals surface area contributed by atoms with Gasteiger partial charge >= 0.3 is 6.03 Å². The number of pyridine rings is 3. The number of likely N-dealkylation sites (N-methyl/N-ethyl adjacent to an activating group) is 1. The molecule has 1 saturated heterocycles. The number of nitrogens with one attached hydrogen (secondary N) is 1. The second-order valence-corrected chi connectivity index (χ2v) is 11.5. The molecule has 3 amide bonds. The zero-order valence-corrected chi connectivity index (χ0v) is 24.7. The molecule has 2 aliphatic heterocycles. The maximum atomic E-state index is 13.5. The smallest absolute Gasteiger partial charge is 0.328 e. The van der Waals surface area contributed by atoms with E-state index in [0.717, 1.165) is 53.1 Å². The largest absolute Gasteiger partial charge is 0.481 e. The molecule has 0 unspecified atom stereocenters. The Labute approximate surface area is 249 Å². The number of rotatable bonds is 9. The number of thioether (sulfide) groups is 1. The highest BCUT2D eigenvalue weighted by atomic mass is 32.2. The minimum atomic E-state index is -0.345. The number of aromatic nitrogens is 3. The minimum absolute atomic E-state index is 0.0751. The topological polar surface area (TPSA) is 128 Å². The van der Waals surface area contributed by atoms with Gasteiger partial charge in [0, 0.05) is 48.7 Å². The van der Waals surface area contributed by atoms with E-state index in [1.807, 2.05) is 41.2 Å². The average Bonchev–Trinajstić information content (AvgIpc) is 3.00. The maximum Gasteiger partial charge on any atom is 0.328 e. The van der Waals surface area contributed by atoms with Crippen LogP contribution in [0.1, 0.15) is 35.1 Å². The van der Waals surface area contributed by atoms with Gasteiger partial charge in [-0.25, -0.2) is 9.78 Å². The molecule has 0 atom stereocenters. The quantitative estimate of drug-likeness (QED) is 0.295. The number of hydrogen-bond donors (Lipinski definition) is 1. The van der Waals surface area contributed by atoms with E-state index < -0.39 is 0 Å². The molecule has 0 spiro atoms. The van der Waals surface area contributed by atoms with E-state index in [2.05, 4.69) is 21.4 Å². The number of nitriles is 1. The van der Waals surface area contributed by atoms with Gasteiger partial charge in [-0.15, -0.1) is 11.8 Å². The molecule has 42 heavy (non-hydrogen) atoms. The van der Waals surface area contributed by atoms with Gasteiger partial charge in [0.15, 0.2) is 0 Å². The van der Waals surface area contributed by atoms with Crippen LogP contribution in [0.15, 0.2) is 47.8 Å². The van der Waals surface area contributed by atoms with Crippen LogP contribution in [0.2, 0.25) is 0 Å². The van der Waals surface area contributed by atoms with E-state index in [-0.39, 0.29) is 11.9 Å². The predicted molar refractivity (Wildman–Crippen MR) is 161 cm³/mol. The SMILES string of the molecule is COc1nc2c(cc1CN1CCN(C)CC1=O)CCCN2C(=O)Nc1cc(CCCSc2cccnc2)c(C#N)cn1. The third-order valence-corrected chi connectivity index (χ3v) is 8.42. The number of methoxy groups -OCH3 is 1. The number of urea groups is 1. The molecule has 12 heteroatoms. The highest BCUT2D eigenvalue weighted by Gasteiger charge is 2.28. The van der Waals surface area contributed by atoms with Crippen molar-refractivity contribution >= 4 is 35.3 Å². The van der Waals surface area contributed by atoms with Crippen molar-refractivity contribution in [3.05, 3.63) is 65.1 Å². The number of carbonyl (C=O) groups excluding carboxylic acids is 2. The van der Waals surface area contributed by atoms with Gasteiger partial charge in [0.05, 0.1) is 25.8 Å². The highest BCUT2D eigenvalue weighted by Crippen LogP contribution is 2.32. The van der Waals surface area contributed by atoms with Gasteiger partial charge in [0.1, 0.15) is 17.7 Å². The number of aryl methyl sites for hydroxylation is 2. The fourth-order valence-electron chi connectivity index (χ4n) is 5.15. The normalized spacial score (nSPS) is 15.2. The van der Waals surface area contributed by atoms with Gasteiger partial charge in [0.25, 0.3) is 0 Å². The molecule has 5 rings (SSSR count). The molecule has 3 aromatic rings. The number of fused-ring (bicyclic) bond motifs is 1. The van der Waals surface area contributed by atoms with Gasteiger partial charge in [-0.3, -0.25) is 24.9 Å². The lowest BCUT2D eigenvalue weighted by Gasteiger charge is -2.33. The van der Waals surface area contributed by atoms with Crippen LogP contribution in [0, 0.1) is 11.3 Å². The van der Waals surface area contributed by atoms with E-state index in [1.54, 1.807) is 36.0 Å². The first-order chi connectivity index (χ1) is 20.4. The number of ether oxygens (including phenoxy) is 1. The molecule has 1 N–H and O–H groups in total. The van der Waals surface area contributed by atoms with E-state index in [9.17, 15) is 14.9 Å². The average molecular weight is 587 g/mol. The zero-order chi connectivity index (χ0) is 29.5. The summed E-state index contributed by atoms with van der Waals surface area (Å²) >= 11 is 1.72. The van der Waals surface area contributed by atoms with E-state index >= 15 is 0 Å². The Kier molecular flexibility index (Phi) is 9.51. The van der Waals surface area contributed by atoms with Crippen LogP contribution in [-0.4, -0.2) is 82.8 Å². The van der Waals surface area contributed by atoms with Crippen molar-refractivity contribution in [1.29, 1.82) is 5.26 Å². The van der Waals surface area contributed by atoms with Crippen molar-refractivity contribution in [2.24, 2.45) is 0 Å². The fourth-order valence-corrected chi connectivity index (χ4v) is 5.98. The highest BCUT2D eigenvalue weighted by molar-refractivity contribution is 7.99. The van der Waals surface area contributed by atoms with Crippen LogP contribution in [-0.2, 0) is 24.2 Å². The van der Waals surface area contributed by atoms with Crippen molar-refractivity contribution in [2.45, 2.75) is 37.1 Å². The van der Waals surface area contributed by atoms with Gasteiger partial charge in [0.2, 0.25) is 11.8 Å².